The lowest BCUT2D eigenvalue weighted by atomic mass is 9.95. The Balaban J connectivity index is 2.81. The SMILES string of the molecule is CCc1c(C(=O)OC)c2c(n1C)C(=O)C=C(OC)C2=O. The fourth-order valence-electron chi connectivity index (χ4n) is 2.51. The molecule has 0 saturated carbocycles. The number of nitrogens with zero attached hydrogens (tertiary/aromatic N) is 1. The van der Waals surface area contributed by atoms with Crippen molar-refractivity contribution in [1.82, 2.24) is 4.57 Å². The summed E-state index contributed by atoms with van der Waals surface area (Å²) in [7, 11) is 4.20. The van der Waals surface area contributed by atoms with Crippen molar-refractivity contribution in [3.8, 4) is 0 Å². The summed E-state index contributed by atoms with van der Waals surface area (Å²) >= 11 is 0. The summed E-state index contributed by atoms with van der Waals surface area (Å²) in [5, 5.41) is 0. The summed E-state index contributed by atoms with van der Waals surface area (Å²) < 4.78 is 11.2. The average molecular weight is 277 g/mol. The van der Waals surface area contributed by atoms with Crippen LogP contribution in [0.25, 0.3) is 0 Å². The number of ether oxygens (including phenoxy) is 2. The van der Waals surface area contributed by atoms with Crippen LogP contribution >= 0.6 is 0 Å². The molecule has 2 rings (SSSR count). The van der Waals surface area contributed by atoms with E-state index in [2.05, 4.69) is 0 Å². The van der Waals surface area contributed by atoms with E-state index >= 15 is 0 Å². The Kier molecular flexibility index (Phi) is 3.48. The molecule has 0 unspecified atom stereocenters. The van der Waals surface area contributed by atoms with Gasteiger partial charge in [0.15, 0.2) is 5.76 Å². The highest BCUT2D eigenvalue weighted by atomic mass is 16.5. The predicted octanol–water partition coefficient (Wildman–Crippen LogP) is 1.28. The van der Waals surface area contributed by atoms with Crippen LogP contribution in [0.5, 0.6) is 0 Å². The Bertz CT molecular complexity index is 651. The molecule has 0 amide bonds. The molecule has 0 bridgehead atoms. The van der Waals surface area contributed by atoms with E-state index in [1.54, 1.807) is 11.6 Å². The van der Waals surface area contributed by atoms with Gasteiger partial charge in [-0.05, 0) is 6.42 Å². The largest absolute Gasteiger partial charge is 0.492 e. The van der Waals surface area contributed by atoms with Gasteiger partial charge in [0.1, 0.15) is 5.69 Å². The summed E-state index contributed by atoms with van der Waals surface area (Å²) in [6.07, 6.45) is 1.64. The number of methoxy groups -OCH3 is 2. The third kappa shape index (κ3) is 1.76. The van der Waals surface area contributed by atoms with Gasteiger partial charge in [0, 0.05) is 18.8 Å². The van der Waals surface area contributed by atoms with Crippen molar-refractivity contribution in [2.45, 2.75) is 13.3 Å². The Labute approximate surface area is 116 Å². The molecule has 0 saturated heterocycles. The molecule has 0 atom stereocenters. The molecule has 0 N–H and O–H groups in total. The van der Waals surface area contributed by atoms with Crippen LogP contribution in [0.3, 0.4) is 0 Å². The number of hydrogen-bond donors (Lipinski definition) is 0. The van der Waals surface area contributed by atoms with Crippen LogP contribution in [0.4, 0.5) is 0 Å². The smallest absolute Gasteiger partial charge is 0.340 e. The minimum atomic E-state index is -0.628. The van der Waals surface area contributed by atoms with E-state index in [1.807, 2.05) is 6.92 Å². The van der Waals surface area contributed by atoms with Gasteiger partial charge < -0.3 is 14.0 Å². The molecule has 0 aliphatic heterocycles. The number of carbonyl (C=O) groups excluding carboxylic acids is 3. The van der Waals surface area contributed by atoms with Crippen molar-refractivity contribution in [3.05, 3.63) is 34.3 Å². The van der Waals surface area contributed by atoms with Crippen LogP contribution in [0, 0.1) is 0 Å². The minimum Gasteiger partial charge on any atom is -0.492 e. The minimum absolute atomic E-state index is 0.0686. The van der Waals surface area contributed by atoms with Crippen molar-refractivity contribution in [2.75, 3.05) is 14.2 Å². The van der Waals surface area contributed by atoms with Crippen molar-refractivity contribution >= 4 is 17.5 Å². The van der Waals surface area contributed by atoms with Crippen LogP contribution in [0.15, 0.2) is 11.8 Å². The molecule has 0 aromatic carbocycles. The van der Waals surface area contributed by atoms with E-state index in [1.165, 1.54) is 14.2 Å². The third-order valence-electron chi connectivity index (χ3n) is 3.41. The quantitative estimate of drug-likeness (QED) is 0.778. The monoisotopic (exact) mass is 277 g/mol. The number of fused-ring (bicyclic) bond motifs is 1. The number of aromatic nitrogens is 1. The molecule has 1 aliphatic carbocycles. The van der Waals surface area contributed by atoms with Crippen LogP contribution in [-0.2, 0) is 22.9 Å². The number of carbonyl (C=O) groups is 3. The van der Waals surface area contributed by atoms with Gasteiger partial charge in [0.25, 0.3) is 0 Å². The number of ketones is 2. The zero-order valence-corrected chi connectivity index (χ0v) is 11.8. The standard InChI is InChI=1S/C14H15NO5/c1-5-7-10(14(18)20-4)11-12(15(7)2)8(16)6-9(19-3)13(11)17/h6H,5H2,1-4H3. The lowest BCUT2D eigenvalue weighted by molar-refractivity contribution is 0.0595. The Hall–Kier alpha value is -2.37. The molecule has 1 aromatic rings. The Morgan fingerprint density at radius 2 is 1.95 bits per heavy atom. The van der Waals surface area contributed by atoms with Gasteiger partial charge in [-0.15, -0.1) is 0 Å². The maximum Gasteiger partial charge on any atom is 0.340 e. The summed E-state index contributed by atoms with van der Waals surface area (Å²) in [5.41, 5.74) is 1.01. The summed E-state index contributed by atoms with van der Waals surface area (Å²) in [5.74, 6) is -1.53. The molecular weight excluding hydrogens is 262 g/mol. The van der Waals surface area contributed by atoms with Gasteiger partial charge in [-0.2, -0.15) is 0 Å². The zero-order chi connectivity index (χ0) is 15.0. The number of rotatable bonds is 3. The second-order valence-corrected chi connectivity index (χ2v) is 4.36. The van der Waals surface area contributed by atoms with Gasteiger partial charge in [-0.1, -0.05) is 6.92 Å². The molecule has 1 aromatic heterocycles. The molecule has 6 heteroatoms. The first-order chi connectivity index (χ1) is 9.47. The predicted molar refractivity (Wildman–Crippen MR) is 69.9 cm³/mol. The molecule has 0 radical (unpaired) electrons. The fourth-order valence-corrected chi connectivity index (χ4v) is 2.51. The lowest BCUT2D eigenvalue weighted by Gasteiger charge is -2.12. The molecule has 20 heavy (non-hydrogen) atoms. The number of hydrogen-bond acceptors (Lipinski definition) is 5. The molecular formula is C14H15NO5. The normalized spacial score (nSPS) is 13.9. The Morgan fingerprint density at radius 1 is 1.30 bits per heavy atom. The average Bonchev–Trinajstić information content (AvgIpc) is 2.75. The van der Waals surface area contributed by atoms with Crippen molar-refractivity contribution in [1.29, 1.82) is 0 Å². The second kappa shape index (κ2) is 4.96. The molecule has 0 spiro atoms. The lowest BCUT2D eigenvalue weighted by Crippen LogP contribution is -2.21. The molecule has 0 fully saturated rings. The van der Waals surface area contributed by atoms with Gasteiger partial charge in [0.05, 0.1) is 25.3 Å². The highest BCUT2D eigenvalue weighted by Gasteiger charge is 2.37. The first-order valence-corrected chi connectivity index (χ1v) is 6.12. The third-order valence-corrected chi connectivity index (χ3v) is 3.41. The molecule has 1 heterocycles. The molecule has 1 aliphatic rings. The number of esters is 1. The van der Waals surface area contributed by atoms with Gasteiger partial charge in [-0.3, -0.25) is 9.59 Å². The molecule has 6 nitrogen and oxygen atoms in total. The number of Topliss-reactive ketones (excluding diaryl/α,β-unsaturated/α-hetero) is 1. The maximum atomic E-state index is 12.3. The van der Waals surface area contributed by atoms with E-state index < -0.39 is 11.8 Å². The Morgan fingerprint density at radius 3 is 2.45 bits per heavy atom. The van der Waals surface area contributed by atoms with Crippen molar-refractivity contribution < 1.29 is 23.9 Å². The van der Waals surface area contributed by atoms with E-state index in [0.717, 1.165) is 6.08 Å². The first-order valence-electron chi connectivity index (χ1n) is 6.12. The van der Waals surface area contributed by atoms with Gasteiger partial charge in [0.2, 0.25) is 11.6 Å². The van der Waals surface area contributed by atoms with E-state index in [-0.39, 0.29) is 28.4 Å². The van der Waals surface area contributed by atoms with Crippen LogP contribution in [-0.4, -0.2) is 36.3 Å². The van der Waals surface area contributed by atoms with Crippen molar-refractivity contribution in [2.24, 2.45) is 7.05 Å². The van der Waals surface area contributed by atoms with E-state index in [0.29, 0.717) is 12.1 Å². The van der Waals surface area contributed by atoms with Crippen LogP contribution < -0.4 is 0 Å². The van der Waals surface area contributed by atoms with Crippen LogP contribution in [0.1, 0.15) is 43.8 Å². The summed E-state index contributed by atoms with van der Waals surface area (Å²) in [6, 6.07) is 0. The van der Waals surface area contributed by atoms with Crippen LogP contribution in [0.2, 0.25) is 0 Å². The zero-order valence-electron chi connectivity index (χ0n) is 11.8. The van der Waals surface area contributed by atoms with Gasteiger partial charge in [-0.25, -0.2) is 4.79 Å². The van der Waals surface area contributed by atoms with E-state index in [4.69, 9.17) is 9.47 Å². The van der Waals surface area contributed by atoms with E-state index in [9.17, 15) is 14.4 Å². The molecule has 106 valence electrons. The highest BCUT2D eigenvalue weighted by molar-refractivity contribution is 6.26. The summed E-state index contributed by atoms with van der Waals surface area (Å²) in [6.45, 7) is 1.84. The van der Waals surface area contributed by atoms with Crippen molar-refractivity contribution in [3.63, 3.8) is 0 Å². The second-order valence-electron chi connectivity index (χ2n) is 4.36. The number of allylic oxidation sites excluding steroid dienone is 2. The highest BCUT2D eigenvalue weighted by Crippen LogP contribution is 2.30. The fraction of sp³-hybridized carbons (Fsp3) is 0.357. The van der Waals surface area contributed by atoms with Gasteiger partial charge >= 0.3 is 5.97 Å². The topological polar surface area (TPSA) is 74.6 Å². The summed E-state index contributed by atoms with van der Waals surface area (Å²) in [4.78, 5) is 36.4. The maximum absolute atomic E-state index is 12.3. The first kappa shape index (κ1) is 14.0.